The fraction of sp³-hybridized carbons (Fsp3) is 0.348. The number of hydrogen-bond donors (Lipinski definition) is 2. The lowest BCUT2D eigenvalue weighted by atomic mass is 9.95. The molecule has 8 nitrogen and oxygen atoms in total. The van der Waals surface area contributed by atoms with Gasteiger partial charge in [-0.05, 0) is 37.1 Å². The number of sulfonamides is 1. The zero-order valence-corrected chi connectivity index (χ0v) is 19.5. The number of carbonyl (C=O) groups is 2. The van der Waals surface area contributed by atoms with Crippen LogP contribution in [0.3, 0.4) is 0 Å². The monoisotopic (exact) mass is 488 g/mol. The first-order valence-electron chi connectivity index (χ1n) is 10.9. The summed E-state index contributed by atoms with van der Waals surface area (Å²) in [5.74, 6) is -0.622. The summed E-state index contributed by atoms with van der Waals surface area (Å²) in [6, 6.07) is 13.1. The maximum absolute atomic E-state index is 12.9. The van der Waals surface area contributed by atoms with Gasteiger partial charge in [0.2, 0.25) is 5.91 Å². The van der Waals surface area contributed by atoms with Crippen LogP contribution in [0.2, 0.25) is 5.02 Å². The van der Waals surface area contributed by atoms with Crippen molar-refractivity contribution in [3.63, 3.8) is 0 Å². The highest BCUT2D eigenvalue weighted by atomic mass is 35.5. The molecule has 33 heavy (non-hydrogen) atoms. The summed E-state index contributed by atoms with van der Waals surface area (Å²) < 4.78 is 29.0. The van der Waals surface area contributed by atoms with Crippen molar-refractivity contribution in [2.24, 2.45) is 4.40 Å². The highest BCUT2D eigenvalue weighted by Gasteiger charge is 2.33. The van der Waals surface area contributed by atoms with Gasteiger partial charge in [-0.2, -0.15) is 8.42 Å². The SMILES string of the molecule is O=C(CCN(NC(=O)c1ccccc1Cl)C1=NS(=O)(=O)c2ccccc21)NC1CCCCC1. The lowest BCUT2D eigenvalue weighted by molar-refractivity contribution is -0.122. The Morgan fingerprint density at radius 2 is 1.73 bits per heavy atom. The topological polar surface area (TPSA) is 108 Å². The van der Waals surface area contributed by atoms with Crippen molar-refractivity contribution in [3.8, 4) is 0 Å². The number of hydrazine groups is 1. The standard InChI is InChI=1S/C23H25ClN4O4S/c24-19-12-6-4-10-17(19)23(30)26-28(15-14-21(29)25-16-8-2-1-3-9-16)22-18-11-5-7-13-20(18)33(31,32)27-22/h4-7,10-13,16H,1-3,8-9,14-15H2,(H,25,29)(H,26,30). The van der Waals surface area contributed by atoms with Crippen LogP contribution in [-0.2, 0) is 14.8 Å². The van der Waals surface area contributed by atoms with E-state index in [1.807, 2.05) is 0 Å². The number of benzene rings is 2. The smallest absolute Gasteiger partial charge is 0.285 e. The summed E-state index contributed by atoms with van der Waals surface area (Å²) in [4.78, 5) is 25.6. The number of nitrogens with zero attached hydrogens (tertiary/aromatic N) is 2. The van der Waals surface area contributed by atoms with Gasteiger partial charge < -0.3 is 5.32 Å². The molecule has 1 fully saturated rings. The van der Waals surface area contributed by atoms with Crippen molar-refractivity contribution >= 4 is 39.3 Å². The van der Waals surface area contributed by atoms with Crippen LogP contribution < -0.4 is 10.7 Å². The normalized spacial score (nSPS) is 17.1. The van der Waals surface area contributed by atoms with Gasteiger partial charge in [-0.3, -0.25) is 20.0 Å². The predicted octanol–water partition coefficient (Wildman–Crippen LogP) is 3.27. The first kappa shape index (κ1) is 23.3. The molecule has 4 rings (SSSR count). The molecule has 0 radical (unpaired) electrons. The molecule has 1 aliphatic heterocycles. The minimum atomic E-state index is -3.90. The molecule has 1 aliphatic carbocycles. The highest BCUT2D eigenvalue weighted by molar-refractivity contribution is 7.90. The van der Waals surface area contributed by atoms with Gasteiger partial charge in [0.1, 0.15) is 4.90 Å². The van der Waals surface area contributed by atoms with Gasteiger partial charge >= 0.3 is 0 Å². The van der Waals surface area contributed by atoms with Gasteiger partial charge in [0.25, 0.3) is 15.9 Å². The molecule has 174 valence electrons. The molecule has 0 aromatic heterocycles. The number of rotatable bonds is 5. The third kappa shape index (κ3) is 5.36. The Hall–Kier alpha value is -2.91. The first-order chi connectivity index (χ1) is 15.8. The van der Waals surface area contributed by atoms with Crippen LogP contribution in [-0.4, -0.2) is 43.7 Å². The summed E-state index contributed by atoms with van der Waals surface area (Å²) in [5, 5.41) is 4.61. The third-order valence-electron chi connectivity index (χ3n) is 5.76. The van der Waals surface area contributed by atoms with Gasteiger partial charge in [0.15, 0.2) is 5.84 Å². The van der Waals surface area contributed by atoms with Crippen molar-refractivity contribution in [3.05, 3.63) is 64.7 Å². The Morgan fingerprint density at radius 1 is 1.03 bits per heavy atom. The van der Waals surface area contributed by atoms with E-state index in [4.69, 9.17) is 11.6 Å². The van der Waals surface area contributed by atoms with Crippen molar-refractivity contribution in [2.45, 2.75) is 49.5 Å². The average Bonchev–Trinajstić information content (AvgIpc) is 3.08. The summed E-state index contributed by atoms with van der Waals surface area (Å²) >= 11 is 6.15. The fourth-order valence-electron chi connectivity index (χ4n) is 4.09. The Kier molecular flexibility index (Phi) is 6.99. The summed E-state index contributed by atoms with van der Waals surface area (Å²) in [5.41, 5.74) is 3.28. The first-order valence-corrected chi connectivity index (χ1v) is 12.7. The van der Waals surface area contributed by atoms with Gasteiger partial charge in [0.05, 0.1) is 10.6 Å². The third-order valence-corrected chi connectivity index (χ3v) is 7.41. The van der Waals surface area contributed by atoms with Gasteiger partial charge in [-0.25, -0.2) is 0 Å². The number of halogens is 1. The molecule has 0 saturated heterocycles. The molecule has 2 aromatic carbocycles. The molecule has 10 heteroatoms. The largest absolute Gasteiger partial charge is 0.353 e. The molecule has 0 unspecified atom stereocenters. The molecule has 0 bridgehead atoms. The molecule has 1 heterocycles. The van der Waals surface area contributed by atoms with Crippen LogP contribution in [0.1, 0.15) is 54.4 Å². The zero-order valence-electron chi connectivity index (χ0n) is 18.0. The Labute approximate surface area is 198 Å². The molecule has 1 saturated carbocycles. The Bertz CT molecular complexity index is 1190. The van der Waals surface area contributed by atoms with Crippen molar-refractivity contribution < 1.29 is 18.0 Å². The maximum Gasteiger partial charge on any atom is 0.285 e. The number of nitrogens with one attached hydrogen (secondary N) is 2. The van der Waals surface area contributed by atoms with Crippen molar-refractivity contribution in [1.82, 2.24) is 15.8 Å². The number of fused-ring (bicyclic) bond motifs is 1. The molecular formula is C23H25ClN4O4S. The Balaban J connectivity index is 1.55. The van der Waals surface area contributed by atoms with Gasteiger partial charge in [-0.1, -0.05) is 55.1 Å². The summed E-state index contributed by atoms with van der Waals surface area (Å²) in [7, 11) is -3.90. The van der Waals surface area contributed by atoms with Crippen LogP contribution in [0.4, 0.5) is 0 Å². The van der Waals surface area contributed by atoms with E-state index in [1.165, 1.54) is 17.5 Å². The molecule has 0 atom stereocenters. The second kappa shape index (κ2) is 9.93. The van der Waals surface area contributed by atoms with E-state index >= 15 is 0 Å². The number of hydrogen-bond acceptors (Lipinski definition) is 5. The summed E-state index contributed by atoms with van der Waals surface area (Å²) in [6.45, 7) is 0.0391. The van der Waals surface area contributed by atoms with Gasteiger partial charge in [0, 0.05) is 24.6 Å². The molecular weight excluding hydrogens is 464 g/mol. The van der Waals surface area contributed by atoms with E-state index in [9.17, 15) is 18.0 Å². The van der Waals surface area contributed by atoms with E-state index in [0.29, 0.717) is 5.56 Å². The highest BCUT2D eigenvalue weighted by Crippen LogP contribution is 2.27. The minimum Gasteiger partial charge on any atom is -0.353 e. The zero-order chi connectivity index (χ0) is 23.4. The number of carbonyl (C=O) groups excluding carboxylic acids is 2. The van der Waals surface area contributed by atoms with Crippen LogP contribution in [0, 0.1) is 0 Å². The molecule has 2 amide bonds. The second-order valence-corrected chi connectivity index (χ2v) is 10.1. The van der Waals surface area contributed by atoms with Crippen LogP contribution >= 0.6 is 11.6 Å². The average molecular weight is 489 g/mol. The van der Waals surface area contributed by atoms with E-state index in [2.05, 4.69) is 15.1 Å². The molecule has 0 spiro atoms. The molecule has 2 N–H and O–H groups in total. The quantitative estimate of drug-likeness (QED) is 0.628. The van der Waals surface area contributed by atoms with E-state index < -0.39 is 15.9 Å². The Morgan fingerprint density at radius 3 is 2.48 bits per heavy atom. The van der Waals surface area contributed by atoms with E-state index in [0.717, 1.165) is 25.7 Å². The van der Waals surface area contributed by atoms with Crippen LogP contribution in [0.5, 0.6) is 0 Å². The van der Waals surface area contributed by atoms with Crippen molar-refractivity contribution in [1.29, 1.82) is 0 Å². The number of amidine groups is 1. The van der Waals surface area contributed by atoms with E-state index in [-0.39, 0.29) is 46.2 Å². The van der Waals surface area contributed by atoms with Gasteiger partial charge in [-0.15, -0.1) is 4.40 Å². The molecule has 2 aliphatic rings. The lowest BCUT2D eigenvalue weighted by Gasteiger charge is -2.26. The lowest BCUT2D eigenvalue weighted by Crippen LogP contribution is -2.48. The van der Waals surface area contributed by atoms with Crippen molar-refractivity contribution in [2.75, 3.05) is 6.54 Å². The van der Waals surface area contributed by atoms with Crippen LogP contribution in [0.25, 0.3) is 0 Å². The second-order valence-electron chi connectivity index (χ2n) is 8.11. The maximum atomic E-state index is 12.9. The minimum absolute atomic E-state index is 0.0391. The predicted molar refractivity (Wildman–Crippen MR) is 125 cm³/mol. The molecule has 2 aromatic rings. The summed E-state index contributed by atoms with van der Waals surface area (Å²) in [6.07, 6.45) is 5.34. The van der Waals surface area contributed by atoms with Crippen LogP contribution in [0.15, 0.2) is 57.8 Å². The number of amides is 2. The van der Waals surface area contributed by atoms with E-state index in [1.54, 1.807) is 42.5 Å². The fourth-order valence-corrected chi connectivity index (χ4v) is 5.52.